The molecule has 0 aliphatic rings. The van der Waals surface area contributed by atoms with E-state index in [0.717, 1.165) is 3.57 Å². The fourth-order valence-electron chi connectivity index (χ4n) is 2.02. The van der Waals surface area contributed by atoms with Gasteiger partial charge in [-0.15, -0.1) is 0 Å². The number of anilines is 1. The molecule has 0 atom stereocenters. The summed E-state index contributed by atoms with van der Waals surface area (Å²) in [5.41, 5.74) is 1.31. The van der Waals surface area contributed by atoms with E-state index in [9.17, 15) is 10.1 Å². The van der Waals surface area contributed by atoms with Gasteiger partial charge in [-0.1, -0.05) is 12.1 Å². The van der Waals surface area contributed by atoms with E-state index in [2.05, 4.69) is 27.9 Å². The highest BCUT2D eigenvalue weighted by molar-refractivity contribution is 14.1. The molecule has 122 valence electrons. The quantitative estimate of drug-likeness (QED) is 0.441. The number of halogens is 1. The molecule has 24 heavy (non-hydrogen) atoms. The van der Waals surface area contributed by atoms with Crippen molar-refractivity contribution in [1.29, 1.82) is 5.26 Å². The van der Waals surface area contributed by atoms with Gasteiger partial charge in [0.1, 0.15) is 11.6 Å². The van der Waals surface area contributed by atoms with E-state index >= 15 is 0 Å². The number of nitriles is 1. The fraction of sp³-hybridized carbons (Fsp3) is 0.111. The molecule has 0 aliphatic carbocycles. The highest BCUT2D eigenvalue weighted by atomic mass is 127. The Hall–Kier alpha value is -2.53. The van der Waals surface area contributed by atoms with Crippen molar-refractivity contribution >= 4 is 40.3 Å². The Balaban J connectivity index is 2.25. The van der Waals surface area contributed by atoms with Crippen molar-refractivity contribution in [1.82, 2.24) is 0 Å². The maximum atomic E-state index is 12.3. The molecule has 2 rings (SSSR count). The molecule has 1 N–H and O–H groups in total. The molecular formula is C18H15IN2O3. The van der Waals surface area contributed by atoms with Crippen LogP contribution in [-0.4, -0.2) is 20.1 Å². The Kier molecular flexibility index (Phi) is 6.21. The fourth-order valence-corrected chi connectivity index (χ4v) is 2.57. The van der Waals surface area contributed by atoms with E-state index in [1.807, 2.05) is 24.3 Å². The zero-order chi connectivity index (χ0) is 17.5. The number of carbonyl (C=O) groups excluding carboxylic acids is 1. The lowest BCUT2D eigenvalue weighted by Crippen LogP contribution is -2.13. The van der Waals surface area contributed by atoms with Gasteiger partial charge in [-0.25, -0.2) is 0 Å². The molecule has 1 amide bonds. The van der Waals surface area contributed by atoms with Crippen molar-refractivity contribution in [3.05, 3.63) is 57.2 Å². The Bertz CT molecular complexity index is 825. The monoisotopic (exact) mass is 434 g/mol. The Labute approximate surface area is 154 Å². The summed E-state index contributed by atoms with van der Waals surface area (Å²) in [4.78, 5) is 12.3. The minimum atomic E-state index is -0.464. The summed E-state index contributed by atoms with van der Waals surface area (Å²) >= 11 is 2.16. The van der Waals surface area contributed by atoms with Crippen molar-refractivity contribution in [2.45, 2.75) is 0 Å². The van der Waals surface area contributed by atoms with Gasteiger partial charge < -0.3 is 14.8 Å². The SMILES string of the molecule is COc1ccc(/C=C(\C#N)C(=O)Nc2cccc(I)c2)cc1OC. The summed E-state index contributed by atoms with van der Waals surface area (Å²) in [5.74, 6) is 0.646. The maximum absolute atomic E-state index is 12.3. The molecular weight excluding hydrogens is 419 g/mol. The summed E-state index contributed by atoms with van der Waals surface area (Å²) in [7, 11) is 3.07. The number of rotatable bonds is 5. The van der Waals surface area contributed by atoms with Crippen LogP contribution >= 0.6 is 22.6 Å². The molecule has 2 aromatic carbocycles. The maximum Gasteiger partial charge on any atom is 0.266 e. The molecule has 0 radical (unpaired) electrons. The lowest BCUT2D eigenvalue weighted by Gasteiger charge is -2.08. The van der Waals surface area contributed by atoms with E-state index in [0.29, 0.717) is 22.7 Å². The highest BCUT2D eigenvalue weighted by Crippen LogP contribution is 2.28. The highest BCUT2D eigenvalue weighted by Gasteiger charge is 2.11. The van der Waals surface area contributed by atoms with Crippen LogP contribution in [0.4, 0.5) is 5.69 Å². The number of carbonyl (C=O) groups is 1. The molecule has 0 unspecified atom stereocenters. The van der Waals surface area contributed by atoms with Crippen molar-refractivity contribution < 1.29 is 14.3 Å². The van der Waals surface area contributed by atoms with Gasteiger partial charge in [0.25, 0.3) is 5.91 Å². The van der Waals surface area contributed by atoms with E-state index < -0.39 is 5.91 Å². The Morgan fingerprint density at radius 3 is 2.54 bits per heavy atom. The van der Waals surface area contributed by atoms with Gasteiger partial charge in [-0.3, -0.25) is 4.79 Å². The van der Waals surface area contributed by atoms with Crippen LogP contribution in [0.15, 0.2) is 48.0 Å². The summed E-state index contributed by atoms with van der Waals surface area (Å²) in [6, 6.07) is 14.4. The van der Waals surface area contributed by atoms with E-state index in [-0.39, 0.29) is 5.57 Å². The Morgan fingerprint density at radius 2 is 1.92 bits per heavy atom. The largest absolute Gasteiger partial charge is 0.493 e. The molecule has 5 nitrogen and oxygen atoms in total. The van der Waals surface area contributed by atoms with Gasteiger partial charge in [0.05, 0.1) is 14.2 Å². The normalized spacial score (nSPS) is 10.7. The van der Waals surface area contributed by atoms with Gasteiger partial charge in [0.2, 0.25) is 0 Å². The number of nitrogens with one attached hydrogen (secondary N) is 1. The number of hydrogen-bond acceptors (Lipinski definition) is 4. The van der Waals surface area contributed by atoms with Crippen LogP contribution in [0, 0.1) is 14.9 Å². The van der Waals surface area contributed by atoms with Crippen LogP contribution in [0.1, 0.15) is 5.56 Å². The van der Waals surface area contributed by atoms with Crippen LogP contribution in [0.5, 0.6) is 11.5 Å². The zero-order valence-corrected chi connectivity index (χ0v) is 15.3. The third-order valence-corrected chi connectivity index (χ3v) is 3.84. The number of methoxy groups -OCH3 is 2. The summed E-state index contributed by atoms with van der Waals surface area (Å²) in [5, 5.41) is 12.0. The number of amides is 1. The molecule has 0 aromatic heterocycles. The number of hydrogen-bond donors (Lipinski definition) is 1. The molecule has 0 saturated carbocycles. The minimum Gasteiger partial charge on any atom is -0.493 e. The Morgan fingerprint density at radius 1 is 1.17 bits per heavy atom. The smallest absolute Gasteiger partial charge is 0.266 e. The summed E-state index contributed by atoms with van der Waals surface area (Å²) in [6.07, 6.45) is 1.51. The van der Waals surface area contributed by atoms with E-state index in [1.54, 1.807) is 31.4 Å². The topological polar surface area (TPSA) is 71.3 Å². The van der Waals surface area contributed by atoms with Crippen LogP contribution in [0.2, 0.25) is 0 Å². The molecule has 2 aromatic rings. The first-order valence-corrected chi connectivity index (χ1v) is 8.06. The summed E-state index contributed by atoms with van der Waals surface area (Å²) in [6.45, 7) is 0. The van der Waals surface area contributed by atoms with Crippen molar-refractivity contribution in [3.8, 4) is 17.6 Å². The lowest BCUT2D eigenvalue weighted by atomic mass is 10.1. The van der Waals surface area contributed by atoms with Gasteiger partial charge in [0.15, 0.2) is 11.5 Å². The van der Waals surface area contributed by atoms with Crippen LogP contribution in [0.3, 0.4) is 0 Å². The van der Waals surface area contributed by atoms with Crippen LogP contribution in [-0.2, 0) is 4.79 Å². The number of nitrogens with zero attached hydrogens (tertiary/aromatic N) is 1. The third kappa shape index (κ3) is 4.49. The first-order valence-electron chi connectivity index (χ1n) is 6.98. The van der Waals surface area contributed by atoms with Gasteiger partial charge in [-0.05, 0) is 64.6 Å². The summed E-state index contributed by atoms with van der Waals surface area (Å²) < 4.78 is 11.4. The molecule has 6 heteroatoms. The first-order chi connectivity index (χ1) is 11.6. The zero-order valence-electron chi connectivity index (χ0n) is 13.2. The van der Waals surface area contributed by atoms with Crippen molar-refractivity contribution in [2.75, 3.05) is 19.5 Å². The average Bonchev–Trinajstić information content (AvgIpc) is 2.59. The number of ether oxygens (including phenoxy) is 2. The van der Waals surface area contributed by atoms with Crippen molar-refractivity contribution in [3.63, 3.8) is 0 Å². The van der Waals surface area contributed by atoms with Gasteiger partial charge in [0, 0.05) is 9.26 Å². The molecule has 0 fully saturated rings. The van der Waals surface area contributed by atoms with E-state index in [4.69, 9.17) is 9.47 Å². The molecule has 0 bridgehead atoms. The van der Waals surface area contributed by atoms with Gasteiger partial charge in [-0.2, -0.15) is 5.26 Å². The van der Waals surface area contributed by atoms with Crippen LogP contribution < -0.4 is 14.8 Å². The second-order valence-corrected chi connectivity index (χ2v) is 5.99. The minimum absolute atomic E-state index is 0.00100. The first kappa shape index (κ1) is 17.8. The molecule has 0 heterocycles. The van der Waals surface area contributed by atoms with Crippen LogP contribution in [0.25, 0.3) is 6.08 Å². The van der Waals surface area contributed by atoms with Crippen molar-refractivity contribution in [2.24, 2.45) is 0 Å². The lowest BCUT2D eigenvalue weighted by molar-refractivity contribution is -0.112. The molecule has 0 spiro atoms. The molecule has 0 saturated heterocycles. The average molecular weight is 434 g/mol. The second kappa shape index (κ2) is 8.36. The van der Waals surface area contributed by atoms with Gasteiger partial charge >= 0.3 is 0 Å². The molecule has 0 aliphatic heterocycles. The third-order valence-electron chi connectivity index (χ3n) is 3.17. The van der Waals surface area contributed by atoms with E-state index in [1.165, 1.54) is 13.2 Å². The number of benzene rings is 2. The predicted molar refractivity (Wildman–Crippen MR) is 101 cm³/mol. The second-order valence-electron chi connectivity index (χ2n) is 4.75. The standard InChI is InChI=1S/C18H15IN2O3/c1-23-16-7-6-12(9-17(16)24-2)8-13(11-20)18(22)21-15-5-3-4-14(19)10-15/h3-10H,1-2H3,(H,21,22)/b13-8+. The predicted octanol–water partition coefficient (Wildman–Crippen LogP) is 3.85.